The maximum Gasteiger partial charge on any atom is 0.264 e. The molecule has 3 aromatic carbocycles. The number of nitrogens with one attached hydrogen (secondary N) is 1. The van der Waals surface area contributed by atoms with Crippen LogP contribution >= 0.6 is 0 Å². The Balaban J connectivity index is 1.68. The Bertz CT molecular complexity index is 1470. The van der Waals surface area contributed by atoms with E-state index < -0.39 is 28.5 Å². The van der Waals surface area contributed by atoms with Crippen LogP contribution in [0.5, 0.6) is 0 Å². The molecule has 1 N–H and O–H groups in total. The summed E-state index contributed by atoms with van der Waals surface area (Å²) in [6.07, 6.45) is 5.19. The number of carbonyl (C=O) groups is 2. The fourth-order valence-electron chi connectivity index (χ4n) is 5.29. The molecule has 4 rings (SSSR count). The number of rotatable bonds is 10. The minimum Gasteiger partial charge on any atom is -0.352 e. The number of benzene rings is 3. The highest BCUT2D eigenvalue weighted by Gasteiger charge is 2.33. The van der Waals surface area contributed by atoms with Crippen molar-refractivity contribution < 1.29 is 18.0 Å². The second-order valence-corrected chi connectivity index (χ2v) is 13.0. The predicted octanol–water partition coefficient (Wildman–Crippen LogP) is 5.67. The molecule has 0 bridgehead atoms. The molecule has 0 aliphatic heterocycles. The van der Waals surface area contributed by atoms with Crippen LogP contribution in [0.3, 0.4) is 0 Å². The monoisotopic (exact) mass is 575 g/mol. The van der Waals surface area contributed by atoms with Crippen molar-refractivity contribution in [3.8, 4) is 0 Å². The third kappa shape index (κ3) is 7.55. The van der Waals surface area contributed by atoms with Gasteiger partial charge in [-0.3, -0.25) is 13.9 Å². The van der Waals surface area contributed by atoms with E-state index in [-0.39, 0.29) is 23.4 Å². The molecule has 3 aromatic rings. The number of amides is 2. The lowest BCUT2D eigenvalue weighted by atomic mass is 9.95. The maximum absolute atomic E-state index is 14.1. The van der Waals surface area contributed by atoms with Crippen LogP contribution in [0.25, 0.3) is 0 Å². The van der Waals surface area contributed by atoms with Gasteiger partial charge in [-0.25, -0.2) is 8.42 Å². The van der Waals surface area contributed by atoms with E-state index in [0.29, 0.717) is 5.69 Å². The molecule has 1 aliphatic rings. The first-order valence-electron chi connectivity index (χ1n) is 14.4. The van der Waals surface area contributed by atoms with Gasteiger partial charge in [0, 0.05) is 12.6 Å². The number of anilines is 1. The summed E-state index contributed by atoms with van der Waals surface area (Å²) in [6.45, 7) is 7.31. The SMILES string of the molecule is Cc1cccc(CN(C(=O)CN(c2ccc(C)c(C)c2)S(=O)(=O)c2ccccc2)[C@@H](C)C(=O)NC2CCCCC2)c1. The molecule has 0 aromatic heterocycles. The Morgan fingerprint density at radius 1 is 0.878 bits per heavy atom. The molecule has 7 nitrogen and oxygen atoms in total. The van der Waals surface area contributed by atoms with Gasteiger partial charge in [0.05, 0.1) is 10.6 Å². The molecule has 1 aliphatic carbocycles. The number of hydrogen-bond donors (Lipinski definition) is 1. The Morgan fingerprint density at radius 2 is 1.59 bits per heavy atom. The topological polar surface area (TPSA) is 86.8 Å². The van der Waals surface area contributed by atoms with Crippen LogP contribution < -0.4 is 9.62 Å². The second kappa shape index (κ2) is 13.3. The minimum atomic E-state index is -4.08. The molecule has 8 heteroatoms. The third-order valence-corrected chi connectivity index (χ3v) is 9.73. The van der Waals surface area contributed by atoms with Gasteiger partial charge >= 0.3 is 0 Å². The molecule has 0 saturated heterocycles. The summed E-state index contributed by atoms with van der Waals surface area (Å²) in [4.78, 5) is 29.2. The van der Waals surface area contributed by atoms with Gasteiger partial charge in [0.1, 0.15) is 12.6 Å². The Hall–Kier alpha value is -3.65. The van der Waals surface area contributed by atoms with E-state index in [1.807, 2.05) is 51.1 Å². The van der Waals surface area contributed by atoms with Gasteiger partial charge in [-0.05, 0) is 81.5 Å². The standard InChI is InChI=1S/C33H41N3O4S/c1-24-12-11-13-28(20-24)22-35(27(4)33(38)34-29-14-7-5-8-15-29)32(37)23-36(30-19-18-25(2)26(3)21-30)41(39,40)31-16-9-6-10-17-31/h6,9-13,16-21,27,29H,5,7-8,14-15,22-23H2,1-4H3,(H,34,38)/t27-/m0/s1. The highest BCUT2D eigenvalue weighted by molar-refractivity contribution is 7.92. The summed E-state index contributed by atoms with van der Waals surface area (Å²) in [5.74, 6) is -0.669. The zero-order chi connectivity index (χ0) is 29.6. The van der Waals surface area contributed by atoms with Gasteiger partial charge < -0.3 is 10.2 Å². The van der Waals surface area contributed by atoms with E-state index in [2.05, 4.69) is 5.32 Å². The summed E-state index contributed by atoms with van der Waals surface area (Å²) in [5, 5.41) is 3.14. The first-order chi connectivity index (χ1) is 19.6. The number of nitrogens with zero attached hydrogens (tertiary/aromatic N) is 2. The Kier molecular flexibility index (Phi) is 9.86. The van der Waals surface area contributed by atoms with Gasteiger partial charge in [-0.2, -0.15) is 0 Å². The highest BCUT2D eigenvalue weighted by atomic mass is 32.2. The molecule has 2 amide bonds. The summed E-state index contributed by atoms with van der Waals surface area (Å²) >= 11 is 0. The van der Waals surface area contributed by atoms with Crippen molar-refractivity contribution in [3.63, 3.8) is 0 Å². The normalized spacial score (nSPS) is 14.7. The van der Waals surface area contributed by atoms with Crippen LogP contribution in [-0.4, -0.2) is 43.8 Å². The largest absolute Gasteiger partial charge is 0.352 e. The average Bonchev–Trinajstić information content (AvgIpc) is 2.96. The molecule has 0 radical (unpaired) electrons. The summed E-state index contributed by atoms with van der Waals surface area (Å²) < 4.78 is 29.0. The van der Waals surface area contributed by atoms with Crippen molar-refractivity contribution in [3.05, 3.63) is 95.1 Å². The predicted molar refractivity (Wildman–Crippen MR) is 163 cm³/mol. The zero-order valence-electron chi connectivity index (χ0n) is 24.5. The molecule has 1 atom stereocenters. The van der Waals surface area contributed by atoms with Crippen LogP contribution in [0, 0.1) is 20.8 Å². The number of aryl methyl sites for hydroxylation is 3. The molecule has 218 valence electrons. The van der Waals surface area contributed by atoms with E-state index in [1.54, 1.807) is 37.3 Å². The molecule has 0 unspecified atom stereocenters. The first kappa shape index (κ1) is 30.3. The van der Waals surface area contributed by atoms with Crippen molar-refractivity contribution in [2.75, 3.05) is 10.8 Å². The van der Waals surface area contributed by atoms with Crippen molar-refractivity contribution in [2.24, 2.45) is 0 Å². The van der Waals surface area contributed by atoms with E-state index in [9.17, 15) is 18.0 Å². The van der Waals surface area contributed by atoms with Crippen LogP contribution in [-0.2, 0) is 26.2 Å². The van der Waals surface area contributed by atoms with Crippen LogP contribution in [0.4, 0.5) is 5.69 Å². The second-order valence-electron chi connectivity index (χ2n) is 11.1. The van der Waals surface area contributed by atoms with Crippen molar-refractivity contribution in [1.29, 1.82) is 0 Å². The van der Waals surface area contributed by atoms with Crippen LogP contribution in [0.2, 0.25) is 0 Å². The van der Waals surface area contributed by atoms with Crippen LogP contribution in [0.15, 0.2) is 77.7 Å². The fourth-order valence-corrected chi connectivity index (χ4v) is 6.71. The Morgan fingerprint density at radius 3 is 2.24 bits per heavy atom. The molecule has 1 saturated carbocycles. The van der Waals surface area contributed by atoms with Crippen molar-refractivity contribution >= 4 is 27.5 Å². The van der Waals surface area contributed by atoms with Crippen molar-refractivity contribution in [1.82, 2.24) is 10.2 Å². The van der Waals surface area contributed by atoms with Gasteiger partial charge in [0.25, 0.3) is 10.0 Å². The fraction of sp³-hybridized carbons (Fsp3) is 0.394. The molecule has 0 spiro atoms. The van der Waals surface area contributed by atoms with E-state index in [1.165, 1.54) is 23.5 Å². The average molecular weight is 576 g/mol. The van der Waals surface area contributed by atoms with Crippen molar-refractivity contribution in [2.45, 2.75) is 83.3 Å². The third-order valence-electron chi connectivity index (χ3n) is 7.94. The summed E-state index contributed by atoms with van der Waals surface area (Å²) in [6, 6.07) is 20.6. The zero-order valence-corrected chi connectivity index (χ0v) is 25.3. The molecule has 0 heterocycles. The van der Waals surface area contributed by atoms with Gasteiger partial charge in [0.2, 0.25) is 11.8 Å². The molecular formula is C33H41N3O4S. The van der Waals surface area contributed by atoms with E-state index >= 15 is 0 Å². The lowest BCUT2D eigenvalue weighted by Crippen LogP contribution is -2.53. The summed E-state index contributed by atoms with van der Waals surface area (Å²) in [7, 11) is -4.08. The Labute approximate surface area is 244 Å². The van der Waals surface area contributed by atoms with Gasteiger partial charge in [0.15, 0.2) is 0 Å². The highest BCUT2D eigenvalue weighted by Crippen LogP contribution is 2.27. The minimum absolute atomic E-state index is 0.0966. The molecule has 1 fully saturated rings. The van der Waals surface area contributed by atoms with E-state index in [4.69, 9.17) is 0 Å². The quantitative estimate of drug-likeness (QED) is 0.337. The smallest absolute Gasteiger partial charge is 0.264 e. The van der Waals surface area contributed by atoms with Gasteiger partial charge in [-0.1, -0.05) is 73.4 Å². The molecule has 41 heavy (non-hydrogen) atoms. The van der Waals surface area contributed by atoms with Crippen LogP contribution in [0.1, 0.15) is 61.3 Å². The first-order valence-corrected chi connectivity index (χ1v) is 15.8. The number of carbonyl (C=O) groups excluding carboxylic acids is 2. The lowest BCUT2D eigenvalue weighted by Gasteiger charge is -2.33. The number of hydrogen-bond acceptors (Lipinski definition) is 4. The lowest BCUT2D eigenvalue weighted by molar-refractivity contribution is -0.139. The number of sulfonamides is 1. The maximum atomic E-state index is 14.1. The van der Waals surface area contributed by atoms with Gasteiger partial charge in [-0.15, -0.1) is 0 Å². The summed E-state index contributed by atoms with van der Waals surface area (Å²) in [5.41, 5.74) is 4.25. The van der Waals surface area contributed by atoms with E-state index in [0.717, 1.165) is 52.2 Å². The molecular weight excluding hydrogens is 534 g/mol.